The Morgan fingerprint density at radius 3 is 1.86 bits per heavy atom. The standard InChI is InChI=1S/C12H24OSi/c1-14(2,3)13-12-8-10-6-4-5-7-11(10)9-12/h10-12H,4-9H2,1-3H3. The lowest BCUT2D eigenvalue weighted by Gasteiger charge is -2.23. The van der Waals surface area contributed by atoms with Gasteiger partial charge >= 0.3 is 0 Å². The number of fused-ring (bicyclic) bond motifs is 1. The van der Waals surface area contributed by atoms with Crippen molar-refractivity contribution < 1.29 is 4.43 Å². The molecule has 0 radical (unpaired) electrons. The van der Waals surface area contributed by atoms with E-state index in [0.717, 1.165) is 11.8 Å². The van der Waals surface area contributed by atoms with Gasteiger partial charge in [-0.1, -0.05) is 25.7 Å². The van der Waals surface area contributed by atoms with Crippen molar-refractivity contribution in [3.63, 3.8) is 0 Å². The second-order valence-corrected chi connectivity index (χ2v) is 10.6. The van der Waals surface area contributed by atoms with Crippen molar-refractivity contribution in [2.75, 3.05) is 0 Å². The van der Waals surface area contributed by atoms with E-state index < -0.39 is 8.32 Å². The summed E-state index contributed by atoms with van der Waals surface area (Å²) in [7, 11) is -1.29. The van der Waals surface area contributed by atoms with Crippen LogP contribution in [0.15, 0.2) is 0 Å². The van der Waals surface area contributed by atoms with E-state index in [0.29, 0.717) is 6.10 Å². The zero-order valence-corrected chi connectivity index (χ0v) is 10.9. The van der Waals surface area contributed by atoms with E-state index in [1.807, 2.05) is 0 Å². The summed E-state index contributed by atoms with van der Waals surface area (Å²) in [6.07, 6.45) is 9.27. The van der Waals surface area contributed by atoms with Gasteiger partial charge in [0, 0.05) is 6.10 Å². The fourth-order valence-corrected chi connectivity index (χ4v) is 4.47. The van der Waals surface area contributed by atoms with E-state index in [2.05, 4.69) is 19.6 Å². The van der Waals surface area contributed by atoms with Crippen molar-refractivity contribution >= 4 is 8.32 Å². The Bertz CT molecular complexity index is 183. The third kappa shape index (κ3) is 2.60. The van der Waals surface area contributed by atoms with Gasteiger partial charge < -0.3 is 4.43 Å². The molecule has 0 amide bonds. The average Bonchev–Trinajstić information content (AvgIpc) is 2.42. The minimum absolute atomic E-state index is 0.620. The van der Waals surface area contributed by atoms with E-state index in [1.165, 1.54) is 38.5 Å². The quantitative estimate of drug-likeness (QED) is 0.633. The monoisotopic (exact) mass is 212 g/mol. The lowest BCUT2D eigenvalue weighted by Crippen LogP contribution is -2.30. The third-order valence-corrected chi connectivity index (χ3v) is 4.76. The molecule has 2 rings (SSSR count). The molecule has 2 atom stereocenters. The summed E-state index contributed by atoms with van der Waals surface area (Å²) in [5.41, 5.74) is 0. The van der Waals surface area contributed by atoms with E-state index in [1.54, 1.807) is 0 Å². The Kier molecular flexibility index (Phi) is 3.03. The molecule has 0 aromatic carbocycles. The highest BCUT2D eigenvalue weighted by atomic mass is 28.4. The molecule has 2 fully saturated rings. The van der Waals surface area contributed by atoms with Crippen molar-refractivity contribution in [3.05, 3.63) is 0 Å². The van der Waals surface area contributed by atoms with Gasteiger partial charge in [-0.2, -0.15) is 0 Å². The first-order chi connectivity index (χ1) is 6.54. The third-order valence-electron chi connectivity index (χ3n) is 3.72. The fourth-order valence-electron chi connectivity index (χ4n) is 3.27. The molecule has 14 heavy (non-hydrogen) atoms. The predicted molar refractivity (Wildman–Crippen MR) is 62.9 cm³/mol. The zero-order valence-electron chi connectivity index (χ0n) is 9.88. The Morgan fingerprint density at radius 1 is 0.929 bits per heavy atom. The summed E-state index contributed by atoms with van der Waals surface area (Å²) in [6, 6.07) is 0. The van der Waals surface area contributed by atoms with Gasteiger partial charge in [-0.05, 0) is 44.3 Å². The molecule has 0 heterocycles. The number of rotatable bonds is 2. The normalized spacial score (nSPS) is 38.4. The second kappa shape index (κ2) is 3.97. The Labute approximate surface area is 89.4 Å². The zero-order chi connectivity index (χ0) is 10.2. The lowest BCUT2D eigenvalue weighted by molar-refractivity contribution is 0.194. The molecular weight excluding hydrogens is 188 g/mol. The molecule has 2 aliphatic rings. The first-order valence-corrected chi connectivity index (χ1v) is 9.63. The van der Waals surface area contributed by atoms with E-state index in [-0.39, 0.29) is 0 Å². The highest BCUT2D eigenvalue weighted by Crippen LogP contribution is 2.43. The van der Waals surface area contributed by atoms with Gasteiger partial charge in [0.15, 0.2) is 8.32 Å². The van der Waals surface area contributed by atoms with Gasteiger partial charge in [-0.25, -0.2) is 0 Å². The first-order valence-electron chi connectivity index (χ1n) is 6.22. The van der Waals surface area contributed by atoms with Crippen LogP contribution in [0.3, 0.4) is 0 Å². The maximum atomic E-state index is 6.23. The fraction of sp³-hybridized carbons (Fsp3) is 1.00. The molecule has 2 aliphatic carbocycles. The Morgan fingerprint density at radius 2 is 1.43 bits per heavy atom. The predicted octanol–water partition coefficient (Wildman–Crippen LogP) is 3.81. The summed E-state index contributed by atoms with van der Waals surface area (Å²) < 4.78 is 6.23. The van der Waals surface area contributed by atoms with Crippen LogP contribution in [0.4, 0.5) is 0 Å². The van der Waals surface area contributed by atoms with Crippen LogP contribution in [0.2, 0.25) is 19.6 Å². The molecule has 0 aromatic heterocycles. The van der Waals surface area contributed by atoms with Crippen molar-refractivity contribution in [2.24, 2.45) is 11.8 Å². The minimum atomic E-state index is -1.29. The molecule has 2 heteroatoms. The second-order valence-electron chi connectivity index (χ2n) is 6.13. The molecular formula is C12H24OSi. The Balaban J connectivity index is 1.87. The Hall–Kier alpha value is 0.177. The van der Waals surface area contributed by atoms with Crippen molar-refractivity contribution in [1.82, 2.24) is 0 Å². The molecule has 1 nitrogen and oxygen atoms in total. The van der Waals surface area contributed by atoms with Gasteiger partial charge in [0.25, 0.3) is 0 Å². The van der Waals surface area contributed by atoms with Gasteiger partial charge in [-0.15, -0.1) is 0 Å². The van der Waals surface area contributed by atoms with Gasteiger partial charge in [0.2, 0.25) is 0 Å². The van der Waals surface area contributed by atoms with E-state index in [4.69, 9.17) is 4.43 Å². The van der Waals surface area contributed by atoms with Crippen LogP contribution in [-0.2, 0) is 4.43 Å². The van der Waals surface area contributed by atoms with Crippen LogP contribution < -0.4 is 0 Å². The highest BCUT2D eigenvalue weighted by molar-refractivity contribution is 6.69. The van der Waals surface area contributed by atoms with Crippen LogP contribution in [0.1, 0.15) is 38.5 Å². The summed E-state index contributed by atoms with van der Waals surface area (Å²) in [5.74, 6) is 2.04. The average molecular weight is 212 g/mol. The smallest absolute Gasteiger partial charge is 0.184 e. The molecule has 2 unspecified atom stereocenters. The number of hydrogen-bond donors (Lipinski definition) is 0. The van der Waals surface area contributed by atoms with Crippen LogP contribution in [0.5, 0.6) is 0 Å². The lowest BCUT2D eigenvalue weighted by atomic mass is 9.82. The van der Waals surface area contributed by atoms with E-state index >= 15 is 0 Å². The first kappa shape index (κ1) is 10.7. The molecule has 0 aromatic rings. The van der Waals surface area contributed by atoms with E-state index in [9.17, 15) is 0 Å². The van der Waals surface area contributed by atoms with Gasteiger partial charge in [0.05, 0.1) is 0 Å². The van der Waals surface area contributed by atoms with Crippen LogP contribution >= 0.6 is 0 Å². The molecule has 0 N–H and O–H groups in total. The minimum Gasteiger partial charge on any atom is -0.415 e. The van der Waals surface area contributed by atoms with Crippen LogP contribution in [-0.4, -0.2) is 14.4 Å². The molecule has 2 saturated carbocycles. The SMILES string of the molecule is C[Si](C)(C)OC1CC2CCCCC2C1. The van der Waals surface area contributed by atoms with Crippen molar-refractivity contribution in [3.8, 4) is 0 Å². The van der Waals surface area contributed by atoms with Crippen LogP contribution in [0, 0.1) is 11.8 Å². The largest absolute Gasteiger partial charge is 0.415 e. The van der Waals surface area contributed by atoms with Crippen molar-refractivity contribution in [1.29, 1.82) is 0 Å². The number of hydrogen-bond acceptors (Lipinski definition) is 1. The summed E-state index contributed by atoms with van der Waals surface area (Å²) in [5, 5.41) is 0. The highest BCUT2D eigenvalue weighted by Gasteiger charge is 2.37. The topological polar surface area (TPSA) is 9.23 Å². The van der Waals surface area contributed by atoms with Gasteiger partial charge in [0.1, 0.15) is 0 Å². The molecule has 0 saturated heterocycles. The molecule has 0 bridgehead atoms. The summed E-state index contributed by atoms with van der Waals surface area (Å²) in [6.45, 7) is 6.94. The molecule has 0 spiro atoms. The molecule has 0 aliphatic heterocycles. The maximum absolute atomic E-state index is 6.23. The van der Waals surface area contributed by atoms with Gasteiger partial charge in [-0.3, -0.25) is 0 Å². The molecule has 82 valence electrons. The van der Waals surface area contributed by atoms with Crippen molar-refractivity contribution in [2.45, 2.75) is 64.3 Å². The summed E-state index contributed by atoms with van der Waals surface area (Å²) in [4.78, 5) is 0. The van der Waals surface area contributed by atoms with Crippen LogP contribution in [0.25, 0.3) is 0 Å². The summed E-state index contributed by atoms with van der Waals surface area (Å²) >= 11 is 0. The maximum Gasteiger partial charge on any atom is 0.184 e.